The van der Waals surface area contributed by atoms with Crippen LogP contribution in [0.2, 0.25) is 0 Å². The number of carbonyl (C=O) groups excluding carboxylic acids is 2. The van der Waals surface area contributed by atoms with Gasteiger partial charge in [0.15, 0.2) is 11.6 Å². The monoisotopic (exact) mass is 430 g/mol. The summed E-state index contributed by atoms with van der Waals surface area (Å²) >= 11 is 0. The van der Waals surface area contributed by atoms with Crippen LogP contribution in [0.1, 0.15) is 30.4 Å². The number of benzene rings is 2. The molecule has 0 atom stereocenters. The summed E-state index contributed by atoms with van der Waals surface area (Å²) in [6.45, 7) is 1.59. The van der Waals surface area contributed by atoms with Gasteiger partial charge in [0, 0.05) is 19.6 Å². The molecular weight excluding hydrogens is 406 g/mol. The lowest BCUT2D eigenvalue weighted by Gasteiger charge is -2.49. The van der Waals surface area contributed by atoms with E-state index >= 15 is 0 Å². The summed E-state index contributed by atoms with van der Waals surface area (Å²) in [5.74, 6) is -1.91. The summed E-state index contributed by atoms with van der Waals surface area (Å²) in [6.07, 6.45) is 0.473. The number of amides is 2. The highest BCUT2D eigenvalue weighted by atomic mass is 19.2. The summed E-state index contributed by atoms with van der Waals surface area (Å²) in [5.41, 5.74) is 0.519. The third-order valence-electron chi connectivity index (χ3n) is 6.00. The standard InChI is InChI=1S/C23H24F2N2O4/c24-19-8-7-18(15-20(19)25)23(27-11-4-14-30-22(27)29)9-12-26(13-10-23)21(28)31-16-17-5-2-1-3-6-17/h1-3,5-8,15H,4,9-14,16H2. The quantitative estimate of drug-likeness (QED) is 0.720. The van der Waals surface area contributed by atoms with E-state index in [9.17, 15) is 18.4 Å². The molecule has 2 fully saturated rings. The summed E-state index contributed by atoms with van der Waals surface area (Å²) < 4.78 is 38.2. The fraction of sp³-hybridized carbons (Fsp3) is 0.391. The second kappa shape index (κ2) is 8.91. The molecule has 0 spiro atoms. The van der Waals surface area contributed by atoms with Crippen LogP contribution >= 0.6 is 0 Å². The maximum atomic E-state index is 14.0. The first kappa shape index (κ1) is 21.1. The lowest BCUT2D eigenvalue weighted by atomic mass is 9.79. The molecule has 8 heteroatoms. The molecule has 0 radical (unpaired) electrons. The molecule has 31 heavy (non-hydrogen) atoms. The van der Waals surface area contributed by atoms with Crippen molar-refractivity contribution < 1.29 is 27.8 Å². The Bertz CT molecular complexity index is 946. The summed E-state index contributed by atoms with van der Waals surface area (Å²) in [4.78, 5) is 28.2. The van der Waals surface area contributed by atoms with Crippen LogP contribution in [0, 0.1) is 11.6 Å². The highest BCUT2D eigenvalue weighted by Crippen LogP contribution is 2.41. The van der Waals surface area contributed by atoms with Crippen LogP contribution in [0.3, 0.4) is 0 Å². The van der Waals surface area contributed by atoms with Crippen LogP contribution in [0.25, 0.3) is 0 Å². The minimum atomic E-state index is -0.966. The molecule has 164 valence electrons. The molecule has 2 heterocycles. The van der Waals surface area contributed by atoms with E-state index in [1.165, 1.54) is 6.07 Å². The number of piperidine rings is 1. The highest BCUT2D eigenvalue weighted by Gasteiger charge is 2.46. The van der Waals surface area contributed by atoms with Gasteiger partial charge >= 0.3 is 12.2 Å². The van der Waals surface area contributed by atoms with Gasteiger partial charge in [0.1, 0.15) is 6.61 Å². The molecule has 0 unspecified atom stereocenters. The lowest BCUT2D eigenvalue weighted by Crippen LogP contribution is -2.58. The predicted molar refractivity (Wildman–Crippen MR) is 108 cm³/mol. The normalized spacial score (nSPS) is 18.5. The zero-order chi connectivity index (χ0) is 21.8. The maximum absolute atomic E-state index is 14.0. The van der Waals surface area contributed by atoms with Crippen LogP contribution in [0.4, 0.5) is 18.4 Å². The van der Waals surface area contributed by atoms with Crippen molar-refractivity contribution in [2.75, 3.05) is 26.2 Å². The number of hydrogen-bond donors (Lipinski definition) is 0. The fourth-order valence-corrected chi connectivity index (χ4v) is 4.31. The van der Waals surface area contributed by atoms with E-state index in [1.807, 2.05) is 30.3 Å². The molecule has 0 bridgehead atoms. The van der Waals surface area contributed by atoms with Gasteiger partial charge in [0.05, 0.1) is 12.1 Å². The van der Waals surface area contributed by atoms with Crippen molar-refractivity contribution in [2.24, 2.45) is 0 Å². The zero-order valence-corrected chi connectivity index (χ0v) is 17.1. The first-order valence-corrected chi connectivity index (χ1v) is 10.4. The van der Waals surface area contributed by atoms with Crippen molar-refractivity contribution in [3.63, 3.8) is 0 Å². The van der Waals surface area contributed by atoms with Gasteiger partial charge in [-0.2, -0.15) is 0 Å². The Kier molecular flexibility index (Phi) is 6.06. The van der Waals surface area contributed by atoms with Crippen molar-refractivity contribution in [3.8, 4) is 0 Å². The van der Waals surface area contributed by atoms with Gasteiger partial charge in [0.25, 0.3) is 0 Å². The van der Waals surface area contributed by atoms with E-state index in [0.29, 0.717) is 51.1 Å². The highest BCUT2D eigenvalue weighted by molar-refractivity contribution is 5.71. The van der Waals surface area contributed by atoms with E-state index in [0.717, 1.165) is 17.7 Å². The van der Waals surface area contributed by atoms with Crippen molar-refractivity contribution in [3.05, 3.63) is 71.3 Å². The van der Waals surface area contributed by atoms with Gasteiger partial charge in [-0.15, -0.1) is 0 Å². The molecule has 2 aromatic rings. The SMILES string of the molecule is O=C(OCc1ccccc1)N1CCC(c2ccc(F)c(F)c2)(N2CCCOC2=O)CC1. The van der Waals surface area contributed by atoms with Gasteiger partial charge in [-0.05, 0) is 42.5 Å². The smallest absolute Gasteiger partial charge is 0.410 e. The van der Waals surface area contributed by atoms with Gasteiger partial charge in [-0.25, -0.2) is 18.4 Å². The molecule has 2 aliphatic rings. The zero-order valence-electron chi connectivity index (χ0n) is 17.1. The molecule has 2 aromatic carbocycles. The van der Waals surface area contributed by atoms with Gasteiger partial charge < -0.3 is 14.4 Å². The van der Waals surface area contributed by atoms with Crippen LogP contribution in [-0.2, 0) is 21.6 Å². The second-order valence-corrected chi connectivity index (χ2v) is 7.81. The number of nitrogens with zero attached hydrogens (tertiary/aromatic N) is 2. The Balaban J connectivity index is 1.51. The van der Waals surface area contributed by atoms with Crippen LogP contribution in [0.5, 0.6) is 0 Å². The Morgan fingerprint density at radius 2 is 1.77 bits per heavy atom. The Hall–Kier alpha value is -3.16. The minimum Gasteiger partial charge on any atom is -0.449 e. The first-order chi connectivity index (χ1) is 15.0. The van der Waals surface area contributed by atoms with Gasteiger partial charge in [-0.3, -0.25) is 4.90 Å². The van der Waals surface area contributed by atoms with Crippen LogP contribution < -0.4 is 0 Å². The predicted octanol–water partition coefficient (Wildman–Crippen LogP) is 4.44. The van der Waals surface area contributed by atoms with E-state index in [1.54, 1.807) is 9.80 Å². The van der Waals surface area contributed by atoms with Crippen LogP contribution in [0.15, 0.2) is 48.5 Å². The van der Waals surface area contributed by atoms with E-state index in [2.05, 4.69) is 0 Å². The third kappa shape index (κ3) is 4.33. The number of likely N-dealkylation sites (tertiary alicyclic amines) is 1. The van der Waals surface area contributed by atoms with Crippen molar-refractivity contribution in [1.29, 1.82) is 0 Å². The maximum Gasteiger partial charge on any atom is 0.410 e. The average molecular weight is 430 g/mol. The molecule has 2 amide bonds. The lowest BCUT2D eigenvalue weighted by molar-refractivity contribution is -0.0139. The molecule has 0 N–H and O–H groups in total. The van der Waals surface area contributed by atoms with Crippen LogP contribution in [-0.4, -0.2) is 48.2 Å². The van der Waals surface area contributed by atoms with Gasteiger partial charge in [-0.1, -0.05) is 36.4 Å². The molecule has 0 saturated carbocycles. The van der Waals surface area contributed by atoms with E-state index in [4.69, 9.17) is 9.47 Å². The topological polar surface area (TPSA) is 59.1 Å². The fourth-order valence-electron chi connectivity index (χ4n) is 4.31. The molecule has 2 saturated heterocycles. The van der Waals surface area contributed by atoms with E-state index in [-0.39, 0.29) is 6.61 Å². The van der Waals surface area contributed by atoms with Gasteiger partial charge in [0.2, 0.25) is 0 Å². The largest absolute Gasteiger partial charge is 0.449 e. The number of carbonyl (C=O) groups is 2. The second-order valence-electron chi connectivity index (χ2n) is 7.81. The number of rotatable bonds is 4. The first-order valence-electron chi connectivity index (χ1n) is 10.4. The Morgan fingerprint density at radius 1 is 1.03 bits per heavy atom. The summed E-state index contributed by atoms with van der Waals surface area (Å²) in [7, 11) is 0. The number of halogens is 2. The molecule has 0 aliphatic carbocycles. The number of ether oxygens (including phenoxy) is 2. The molecule has 6 nitrogen and oxygen atoms in total. The molecule has 2 aliphatic heterocycles. The number of cyclic esters (lactones) is 1. The van der Waals surface area contributed by atoms with E-state index < -0.39 is 29.4 Å². The molecule has 4 rings (SSSR count). The summed E-state index contributed by atoms with van der Waals surface area (Å²) in [5, 5.41) is 0. The Morgan fingerprint density at radius 3 is 2.45 bits per heavy atom. The number of hydrogen-bond acceptors (Lipinski definition) is 4. The van der Waals surface area contributed by atoms with Crippen molar-refractivity contribution in [2.45, 2.75) is 31.4 Å². The minimum absolute atomic E-state index is 0.170. The summed E-state index contributed by atoms with van der Waals surface area (Å²) in [6, 6.07) is 13.1. The van der Waals surface area contributed by atoms with Crippen molar-refractivity contribution >= 4 is 12.2 Å². The Labute approximate surface area is 179 Å². The third-order valence-corrected chi connectivity index (χ3v) is 6.00. The molecule has 0 aromatic heterocycles. The van der Waals surface area contributed by atoms with Crippen molar-refractivity contribution in [1.82, 2.24) is 9.80 Å². The molecular formula is C23H24F2N2O4. The average Bonchev–Trinajstić information content (AvgIpc) is 2.80.